The second-order valence-electron chi connectivity index (χ2n) is 5.03. The van der Waals surface area contributed by atoms with Crippen molar-refractivity contribution in [3.8, 4) is 5.69 Å². The molecule has 0 radical (unpaired) electrons. The third-order valence-electron chi connectivity index (χ3n) is 3.38. The molecule has 5 heteroatoms. The first-order chi connectivity index (χ1) is 10.6. The summed E-state index contributed by atoms with van der Waals surface area (Å²) < 4.78 is 3.07. The third-order valence-corrected chi connectivity index (χ3v) is 5.06. The molecule has 112 valence electrons. The van der Waals surface area contributed by atoms with Crippen LogP contribution in [-0.2, 0) is 6.54 Å². The van der Waals surface area contributed by atoms with Gasteiger partial charge < -0.3 is 9.47 Å². The number of amides is 1. The van der Waals surface area contributed by atoms with Crippen LogP contribution in [0.25, 0.3) is 5.69 Å². The van der Waals surface area contributed by atoms with E-state index >= 15 is 0 Å². The highest BCUT2D eigenvalue weighted by Gasteiger charge is 2.13. The van der Waals surface area contributed by atoms with Gasteiger partial charge in [-0.25, -0.2) is 0 Å². The van der Waals surface area contributed by atoms with Crippen molar-refractivity contribution in [3.63, 3.8) is 0 Å². The van der Waals surface area contributed by atoms with Crippen LogP contribution in [0.15, 0.2) is 64.7 Å². The van der Waals surface area contributed by atoms with Gasteiger partial charge in [-0.2, -0.15) is 0 Å². The maximum atomic E-state index is 12.5. The average Bonchev–Trinajstić information content (AvgIpc) is 3.18. The van der Waals surface area contributed by atoms with E-state index in [1.165, 1.54) is 0 Å². The lowest BCUT2D eigenvalue weighted by Crippen LogP contribution is -2.25. The van der Waals surface area contributed by atoms with Gasteiger partial charge in [-0.1, -0.05) is 0 Å². The summed E-state index contributed by atoms with van der Waals surface area (Å²) >= 11 is 5.08. The van der Waals surface area contributed by atoms with Gasteiger partial charge in [0.15, 0.2) is 0 Å². The Hall–Kier alpha value is -1.85. The highest BCUT2D eigenvalue weighted by molar-refractivity contribution is 9.10. The molecule has 0 N–H and O–H groups in total. The molecule has 0 aliphatic rings. The molecule has 3 rings (SSSR count). The van der Waals surface area contributed by atoms with E-state index in [-0.39, 0.29) is 5.91 Å². The summed E-state index contributed by atoms with van der Waals surface area (Å²) in [5.41, 5.74) is 1.75. The van der Waals surface area contributed by atoms with Gasteiger partial charge in [0.25, 0.3) is 5.91 Å². The van der Waals surface area contributed by atoms with Gasteiger partial charge in [-0.15, -0.1) is 11.3 Å². The second kappa shape index (κ2) is 6.50. The fourth-order valence-corrected chi connectivity index (χ4v) is 3.75. The molecule has 0 unspecified atom stereocenters. The highest BCUT2D eigenvalue weighted by Crippen LogP contribution is 2.21. The normalized spacial score (nSPS) is 10.6. The lowest BCUT2D eigenvalue weighted by molar-refractivity contribution is 0.0786. The molecule has 0 aliphatic carbocycles. The van der Waals surface area contributed by atoms with E-state index in [9.17, 15) is 4.79 Å². The Morgan fingerprint density at radius 2 is 1.91 bits per heavy atom. The summed E-state index contributed by atoms with van der Waals surface area (Å²) in [6, 6.07) is 13.7. The van der Waals surface area contributed by atoms with E-state index in [4.69, 9.17) is 0 Å². The minimum absolute atomic E-state index is 0.0311. The monoisotopic (exact) mass is 374 g/mol. The van der Waals surface area contributed by atoms with Crippen LogP contribution in [0.4, 0.5) is 0 Å². The van der Waals surface area contributed by atoms with Crippen molar-refractivity contribution in [2.75, 3.05) is 7.05 Å². The zero-order chi connectivity index (χ0) is 15.5. The maximum absolute atomic E-state index is 12.5. The maximum Gasteiger partial charge on any atom is 0.253 e. The van der Waals surface area contributed by atoms with Gasteiger partial charge >= 0.3 is 0 Å². The molecule has 3 nitrogen and oxygen atoms in total. The quantitative estimate of drug-likeness (QED) is 0.656. The number of hydrogen-bond donors (Lipinski definition) is 0. The lowest BCUT2D eigenvalue weighted by atomic mass is 10.2. The summed E-state index contributed by atoms with van der Waals surface area (Å²) in [6.07, 6.45) is 3.97. The standard InChI is InChI=1S/C17H15BrN2OS/c1-19(11-16-10-14(18)12-22-16)17(21)13-4-6-15(7-5-13)20-8-2-3-9-20/h2-10,12H,11H2,1H3. The number of carbonyl (C=O) groups excluding carboxylic acids is 1. The van der Waals surface area contributed by atoms with Gasteiger partial charge in [0.05, 0.1) is 6.54 Å². The van der Waals surface area contributed by atoms with Crippen LogP contribution in [0.5, 0.6) is 0 Å². The largest absolute Gasteiger partial charge is 0.337 e. The number of thiophene rings is 1. The van der Waals surface area contributed by atoms with Crippen LogP contribution in [0.3, 0.4) is 0 Å². The van der Waals surface area contributed by atoms with Gasteiger partial charge in [0, 0.05) is 45.4 Å². The number of rotatable bonds is 4. The number of nitrogens with zero attached hydrogens (tertiary/aromatic N) is 2. The van der Waals surface area contributed by atoms with Crippen LogP contribution in [0.1, 0.15) is 15.2 Å². The SMILES string of the molecule is CN(Cc1cc(Br)cs1)C(=O)c1ccc(-n2cccc2)cc1. The van der Waals surface area contributed by atoms with Gasteiger partial charge in [0.2, 0.25) is 0 Å². The summed E-state index contributed by atoms with van der Waals surface area (Å²) in [5, 5.41) is 2.03. The molecular weight excluding hydrogens is 360 g/mol. The molecule has 0 atom stereocenters. The van der Waals surface area contributed by atoms with Gasteiger partial charge in [-0.05, 0) is 58.4 Å². The zero-order valence-corrected chi connectivity index (χ0v) is 14.5. The average molecular weight is 375 g/mol. The Balaban J connectivity index is 1.71. The Morgan fingerprint density at radius 1 is 1.23 bits per heavy atom. The molecule has 0 fully saturated rings. The summed E-state index contributed by atoms with van der Waals surface area (Å²) in [6.45, 7) is 0.619. The molecule has 0 saturated carbocycles. The number of halogens is 1. The fraction of sp³-hybridized carbons (Fsp3) is 0.118. The molecule has 1 amide bonds. The van der Waals surface area contributed by atoms with Crippen molar-refractivity contribution in [2.45, 2.75) is 6.54 Å². The summed E-state index contributed by atoms with van der Waals surface area (Å²) in [4.78, 5) is 15.4. The van der Waals surface area contributed by atoms with Gasteiger partial charge in [-0.3, -0.25) is 4.79 Å². The molecule has 0 aliphatic heterocycles. The Morgan fingerprint density at radius 3 is 2.50 bits per heavy atom. The van der Waals surface area contributed by atoms with Crippen LogP contribution >= 0.6 is 27.3 Å². The predicted molar refractivity (Wildman–Crippen MR) is 93.6 cm³/mol. The van der Waals surface area contributed by atoms with Crippen molar-refractivity contribution in [2.24, 2.45) is 0 Å². The first-order valence-corrected chi connectivity index (χ1v) is 8.52. The predicted octanol–water partition coefficient (Wildman–Crippen LogP) is 4.57. The third kappa shape index (κ3) is 3.31. The number of aromatic nitrogens is 1. The van der Waals surface area contributed by atoms with Crippen molar-refractivity contribution in [1.29, 1.82) is 0 Å². The molecule has 1 aromatic carbocycles. The molecule has 2 heterocycles. The molecule has 2 aromatic heterocycles. The van der Waals surface area contributed by atoms with Crippen LogP contribution in [-0.4, -0.2) is 22.4 Å². The lowest BCUT2D eigenvalue weighted by Gasteiger charge is -2.16. The fourth-order valence-electron chi connectivity index (χ4n) is 2.25. The number of benzene rings is 1. The van der Waals surface area contributed by atoms with E-state index in [0.29, 0.717) is 12.1 Å². The highest BCUT2D eigenvalue weighted by atomic mass is 79.9. The molecule has 22 heavy (non-hydrogen) atoms. The van der Waals surface area contributed by atoms with Crippen LogP contribution < -0.4 is 0 Å². The first-order valence-electron chi connectivity index (χ1n) is 6.85. The topological polar surface area (TPSA) is 25.2 Å². The molecule has 0 bridgehead atoms. The summed E-state index contributed by atoms with van der Waals surface area (Å²) in [7, 11) is 1.83. The van der Waals surface area contributed by atoms with Crippen molar-refractivity contribution < 1.29 is 4.79 Å². The van der Waals surface area contributed by atoms with E-state index in [2.05, 4.69) is 15.9 Å². The van der Waals surface area contributed by atoms with Gasteiger partial charge in [0.1, 0.15) is 0 Å². The molecular formula is C17H15BrN2OS. The second-order valence-corrected chi connectivity index (χ2v) is 6.94. The molecule has 0 saturated heterocycles. The first kappa shape index (κ1) is 15.1. The van der Waals surface area contributed by atoms with Crippen molar-refractivity contribution >= 4 is 33.2 Å². The van der Waals surface area contributed by atoms with E-state index in [1.807, 2.05) is 71.9 Å². The smallest absolute Gasteiger partial charge is 0.253 e. The summed E-state index contributed by atoms with van der Waals surface area (Å²) in [5.74, 6) is 0.0311. The molecule has 0 spiro atoms. The number of carbonyl (C=O) groups is 1. The minimum Gasteiger partial charge on any atom is -0.337 e. The Labute approximate surface area is 141 Å². The molecule has 3 aromatic rings. The van der Waals surface area contributed by atoms with E-state index in [0.717, 1.165) is 15.0 Å². The zero-order valence-electron chi connectivity index (χ0n) is 12.1. The Bertz CT molecular complexity index is 762. The van der Waals surface area contributed by atoms with Crippen molar-refractivity contribution in [3.05, 3.63) is 75.2 Å². The van der Waals surface area contributed by atoms with Crippen LogP contribution in [0.2, 0.25) is 0 Å². The van der Waals surface area contributed by atoms with Crippen molar-refractivity contribution in [1.82, 2.24) is 9.47 Å². The number of hydrogen-bond acceptors (Lipinski definition) is 2. The minimum atomic E-state index is 0.0311. The van der Waals surface area contributed by atoms with E-state index in [1.54, 1.807) is 16.2 Å². The van der Waals surface area contributed by atoms with Crippen LogP contribution in [0, 0.1) is 0 Å². The van der Waals surface area contributed by atoms with E-state index < -0.39 is 0 Å². The Kier molecular flexibility index (Phi) is 4.45.